The zero-order chi connectivity index (χ0) is 19.1. The van der Waals surface area contributed by atoms with Crippen LogP contribution in [0.1, 0.15) is 39.0 Å². The minimum Gasteiger partial charge on any atom is -0.494 e. The second-order valence-electron chi connectivity index (χ2n) is 7.50. The van der Waals surface area contributed by atoms with E-state index in [0.717, 1.165) is 51.8 Å². The van der Waals surface area contributed by atoms with Crippen molar-refractivity contribution in [1.82, 2.24) is 4.90 Å². The Morgan fingerprint density at radius 3 is 2.74 bits per heavy atom. The van der Waals surface area contributed by atoms with Crippen molar-refractivity contribution in [3.8, 4) is 5.75 Å². The van der Waals surface area contributed by atoms with E-state index >= 15 is 0 Å². The standard InChI is InChI=1S/C21H30FNO4/c1-2-25-16-20(24)23-11-9-21(10-12-23)15-17(8-14-27-21)7-13-26-19-5-3-18(22)4-6-19/h3-6,17H,2,7-16H2,1H3. The third-order valence-electron chi connectivity index (χ3n) is 5.66. The number of carbonyl (C=O) groups excluding carboxylic acids is 1. The Morgan fingerprint density at radius 2 is 2.04 bits per heavy atom. The number of piperidine rings is 1. The molecule has 1 amide bonds. The summed E-state index contributed by atoms with van der Waals surface area (Å²) in [5.41, 5.74) is -0.0960. The highest BCUT2D eigenvalue weighted by Gasteiger charge is 2.40. The van der Waals surface area contributed by atoms with Crippen molar-refractivity contribution in [2.75, 3.05) is 39.5 Å². The molecule has 5 nitrogen and oxygen atoms in total. The number of rotatable bonds is 7. The quantitative estimate of drug-likeness (QED) is 0.728. The van der Waals surface area contributed by atoms with Crippen molar-refractivity contribution in [2.24, 2.45) is 5.92 Å². The maximum absolute atomic E-state index is 12.9. The van der Waals surface area contributed by atoms with E-state index in [2.05, 4.69) is 0 Å². The van der Waals surface area contributed by atoms with Crippen LogP contribution < -0.4 is 4.74 Å². The second-order valence-corrected chi connectivity index (χ2v) is 7.50. The summed E-state index contributed by atoms with van der Waals surface area (Å²) in [4.78, 5) is 14.0. The van der Waals surface area contributed by atoms with Crippen LogP contribution in [0.5, 0.6) is 5.75 Å². The highest BCUT2D eigenvalue weighted by Crippen LogP contribution is 2.38. The fourth-order valence-corrected chi connectivity index (χ4v) is 4.04. The lowest BCUT2D eigenvalue weighted by atomic mass is 9.78. The van der Waals surface area contributed by atoms with E-state index in [-0.39, 0.29) is 23.9 Å². The van der Waals surface area contributed by atoms with Gasteiger partial charge in [-0.1, -0.05) is 0 Å². The molecule has 0 N–H and O–H groups in total. The molecule has 2 saturated heterocycles. The summed E-state index contributed by atoms with van der Waals surface area (Å²) in [5.74, 6) is 1.09. The van der Waals surface area contributed by atoms with Crippen molar-refractivity contribution < 1.29 is 23.4 Å². The van der Waals surface area contributed by atoms with Gasteiger partial charge in [0.25, 0.3) is 0 Å². The molecule has 1 unspecified atom stereocenters. The lowest BCUT2D eigenvalue weighted by Gasteiger charge is -2.46. The number of ether oxygens (including phenoxy) is 3. The molecule has 0 aliphatic carbocycles. The summed E-state index contributed by atoms with van der Waals surface area (Å²) in [6.07, 6.45) is 4.81. The number of benzene rings is 1. The van der Waals surface area contributed by atoms with Crippen molar-refractivity contribution >= 4 is 5.91 Å². The third-order valence-corrected chi connectivity index (χ3v) is 5.66. The smallest absolute Gasteiger partial charge is 0.248 e. The van der Waals surface area contributed by atoms with Crippen molar-refractivity contribution in [1.29, 1.82) is 0 Å². The molecule has 0 bridgehead atoms. The number of hydrogen-bond acceptors (Lipinski definition) is 4. The van der Waals surface area contributed by atoms with Crippen molar-refractivity contribution in [3.63, 3.8) is 0 Å². The molecule has 3 rings (SSSR count). The van der Waals surface area contributed by atoms with Crippen molar-refractivity contribution in [3.05, 3.63) is 30.1 Å². The molecular weight excluding hydrogens is 349 g/mol. The SMILES string of the molecule is CCOCC(=O)N1CCC2(CC1)CC(CCOc1ccc(F)cc1)CCO2. The topological polar surface area (TPSA) is 48.0 Å². The predicted molar refractivity (Wildman–Crippen MR) is 100 cm³/mol. The van der Waals surface area contributed by atoms with E-state index < -0.39 is 0 Å². The Balaban J connectivity index is 1.42. The van der Waals surface area contributed by atoms with Crippen LogP contribution in [-0.4, -0.2) is 55.9 Å². The molecule has 2 heterocycles. The Morgan fingerprint density at radius 1 is 1.30 bits per heavy atom. The van der Waals surface area contributed by atoms with Crippen LogP contribution in [0.2, 0.25) is 0 Å². The van der Waals surface area contributed by atoms with Crippen LogP contribution in [0.3, 0.4) is 0 Å². The monoisotopic (exact) mass is 379 g/mol. The summed E-state index contributed by atoms with van der Waals surface area (Å²) in [6, 6.07) is 6.16. The largest absolute Gasteiger partial charge is 0.494 e. The molecule has 0 saturated carbocycles. The average Bonchev–Trinajstić information content (AvgIpc) is 2.68. The molecule has 1 atom stereocenters. The number of amides is 1. The van der Waals surface area contributed by atoms with Crippen LogP contribution >= 0.6 is 0 Å². The first-order valence-corrected chi connectivity index (χ1v) is 9.98. The molecule has 6 heteroatoms. The van der Waals surface area contributed by atoms with Gasteiger partial charge in [-0.2, -0.15) is 0 Å². The first-order chi connectivity index (χ1) is 13.1. The Bertz CT molecular complexity index is 599. The van der Waals surface area contributed by atoms with Gasteiger partial charge in [-0.05, 0) is 69.2 Å². The van der Waals surface area contributed by atoms with Crippen LogP contribution in [-0.2, 0) is 14.3 Å². The summed E-state index contributed by atoms with van der Waals surface area (Å²) >= 11 is 0. The first-order valence-electron chi connectivity index (χ1n) is 9.98. The molecule has 27 heavy (non-hydrogen) atoms. The average molecular weight is 379 g/mol. The van der Waals surface area contributed by atoms with E-state index in [1.807, 2.05) is 11.8 Å². The molecule has 2 aliphatic heterocycles. The van der Waals surface area contributed by atoms with Gasteiger partial charge in [0.05, 0.1) is 12.2 Å². The van der Waals surface area contributed by atoms with Gasteiger partial charge in [0.1, 0.15) is 18.2 Å². The normalized spacial score (nSPS) is 22.0. The van der Waals surface area contributed by atoms with Crippen LogP contribution in [0, 0.1) is 11.7 Å². The van der Waals surface area contributed by atoms with Gasteiger partial charge in [0.2, 0.25) is 5.91 Å². The lowest BCUT2D eigenvalue weighted by molar-refractivity contribution is -0.151. The first kappa shape index (κ1) is 20.1. The van der Waals surface area contributed by atoms with Crippen LogP contribution in [0.25, 0.3) is 0 Å². The molecule has 150 valence electrons. The van der Waals surface area contributed by atoms with E-state index in [9.17, 15) is 9.18 Å². The maximum Gasteiger partial charge on any atom is 0.248 e. The molecule has 2 fully saturated rings. The zero-order valence-electron chi connectivity index (χ0n) is 16.1. The third kappa shape index (κ3) is 5.66. The molecule has 1 aromatic rings. The predicted octanol–water partition coefficient (Wildman–Crippen LogP) is 3.42. The Hall–Kier alpha value is -1.66. The van der Waals surface area contributed by atoms with Gasteiger partial charge in [-0.25, -0.2) is 4.39 Å². The van der Waals surface area contributed by atoms with E-state index in [1.165, 1.54) is 12.1 Å². The van der Waals surface area contributed by atoms with E-state index in [1.54, 1.807) is 12.1 Å². The van der Waals surface area contributed by atoms with Gasteiger partial charge < -0.3 is 19.1 Å². The molecular formula is C21H30FNO4. The molecule has 1 aromatic carbocycles. The number of halogens is 1. The fraction of sp³-hybridized carbons (Fsp3) is 0.667. The number of carbonyl (C=O) groups is 1. The molecule has 0 radical (unpaired) electrons. The van der Waals surface area contributed by atoms with Crippen LogP contribution in [0.4, 0.5) is 4.39 Å². The number of nitrogens with zero attached hydrogens (tertiary/aromatic N) is 1. The van der Waals surface area contributed by atoms with Crippen LogP contribution in [0.15, 0.2) is 24.3 Å². The van der Waals surface area contributed by atoms with E-state index in [4.69, 9.17) is 14.2 Å². The summed E-state index contributed by atoms with van der Waals surface area (Å²) in [7, 11) is 0. The van der Waals surface area contributed by atoms with Crippen molar-refractivity contribution in [2.45, 2.75) is 44.6 Å². The highest BCUT2D eigenvalue weighted by molar-refractivity contribution is 5.77. The fourth-order valence-electron chi connectivity index (χ4n) is 4.04. The Kier molecular flexibility index (Phi) is 7.07. The molecule has 0 aromatic heterocycles. The summed E-state index contributed by atoms with van der Waals surface area (Å²) in [5, 5.41) is 0. The van der Waals surface area contributed by atoms with Gasteiger partial charge in [0.15, 0.2) is 0 Å². The summed E-state index contributed by atoms with van der Waals surface area (Å²) in [6.45, 7) is 5.52. The molecule has 2 aliphatic rings. The maximum atomic E-state index is 12.9. The summed E-state index contributed by atoms with van der Waals surface area (Å²) < 4.78 is 30.1. The van der Waals surface area contributed by atoms with E-state index in [0.29, 0.717) is 24.9 Å². The zero-order valence-corrected chi connectivity index (χ0v) is 16.1. The van der Waals surface area contributed by atoms with Gasteiger partial charge >= 0.3 is 0 Å². The van der Waals surface area contributed by atoms with Gasteiger partial charge in [-0.3, -0.25) is 4.79 Å². The second kappa shape index (κ2) is 9.51. The van der Waals surface area contributed by atoms with Gasteiger partial charge in [0, 0.05) is 26.3 Å². The minimum absolute atomic E-state index is 0.0757. The minimum atomic E-state index is -0.250. The number of likely N-dealkylation sites (tertiary alicyclic amines) is 1. The Labute approximate surface area is 160 Å². The lowest BCUT2D eigenvalue weighted by Crippen LogP contribution is -2.51. The van der Waals surface area contributed by atoms with Gasteiger partial charge in [-0.15, -0.1) is 0 Å². The highest BCUT2D eigenvalue weighted by atomic mass is 19.1. The number of hydrogen-bond donors (Lipinski definition) is 0. The molecule has 1 spiro atoms.